The third-order valence-electron chi connectivity index (χ3n) is 3.17. The van der Waals surface area contributed by atoms with Crippen molar-refractivity contribution in [3.05, 3.63) is 33.8 Å². The molecule has 1 aromatic carbocycles. The van der Waals surface area contributed by atoms with Gasteiger partial charge in [0.2, 0.25) is 0 Å². The predicted molar refractivity (Wildman–Crippen MR) is 77.1 cm³/mol. The van der Waals surface area contributed by atoms with Crippen LogP contribution in [0.2, 0.25) is 10.0 Å². The van der Waals surface area contributed by atoms with E-state index in [9.17, 15) is 0 Å². The van der Waals surface area contributed by atoms with Crippen LogP contribution in [0, 0.1) is 5.92 Å². The molecule has 0 atom stereocenters. The molecule has 96 valence electrons. The fourth-order valence-corrected chi connectivity index (χ4v) is 2.33. The summed E-state index contributed by atoms with van der Waals surface area (Å²) in [7, 11) is 0. The summed E-state index contributed by atoms with van der Waals surface area (Å²) in [6.45, 7) is 6.55. The second-order valence-corrected chi connectivity index (χ2v) is 5.22. The average molecular weight is 274 g/mol. The third-order valence-corrected chi connectivity index (χ3v) is 3.76. The minimum atomic E-state index is 0.698. The molecule has 1 rings (SSSR count). The van der Waals surface area contributed by atoms with Crippen LogP contribution in [0.25, 0.3) is 0 Å². The van der Waals surface area contributed by atoms with Crippen LogP contribution in [-0.2, 0) is 6.42 Å². The van der Waals surface area contributed by atoms with Crippen LogP contribution in [0.1, 0.15) is 32.3 Å². The SMILES string of the molecule is CCC(CC)CNCCc1ccc(Cl)cc1Cl. The van der Waals surface area contributed by atoms with Gasteiger partial charge in [-0.1, -0.05) is 56.0 Å². The summed E-state index contributed by atoms with van der Waals surface area (Å²) < 4.78 is 0. The van der Waals surface area contributed by atoms with Gasteiger partial charge in [0.25, 0.3) is 0 Å². The van der Waals surface area contributed by atoms with Crippen molar-refractivity contribution in [3.63, 3.8) is 0 Å². The van der Waals surface area contributed by atoms with Gasteiger partial charge in [-0.2, -0.15) is 0 Å². The normalized spacial score (nSPS) is 11.1. The van der Waals surface area contributed by atoms with Crippen LogP contribution in [-0.4, -0.2) is 13.1 Å². The van der Waals surface area contributed by atoms with E-state index in [1.54, 1.807) is 6.07 Å². The Bertz CT molecular complexity index is 335. The highest BCUT2D eigenvalue weighted by atomic mass is 35.5. The van der Waals surface area contributed by atoms with Crippen LogP contribution in [0.15, 0.2) is 18.2 Å². The first-order chi connectivity index (χ1) is 8.17. The Balaban J connectivity index is 2.31. The number of hydrogen-bond donors (Lipinski definition) is 1. The van der Waals surface area contributed by atoms with E-state index < -0.39 is 0 Å². The van der Waals surface area contributed by atoms with E-state index >= 15 is 0 Å². The van der Waals surface area contributed by atoms with E-state index in [4.69, 9.17) is 23.2 Å². The molecule has 1 aromatic rings. The minimum absolute atomic E-state index is 0.698. The van der Waals surface area contributed by atoms with Crippen LogP contribution < -0.4 is 5.32 Å². The van der Waals surface area contributed by atoms with E-state index in [2.05, 4.69) is 19.2 Å². The van der Waals surface area contributed by atoms with Crippen LogP contribution >= 0.6 is 23.2 Å². The lowest BCUT2D eigenvalue weighted by molar-refractivity contribution is 0.452. The van der Waals surface area contributed by atoms with Gasteiger partial charge in [-0.15, -0.1) is 0 Å². The molecule has 0 spiro atoms. The number of hydrogen-bond acceptors (Lipinski definition) is 1. The molecule has 3 heteroatoms. The maximum Gasteiger partial charge on any atom is 0.0453 e. The van der Waals surface area contributed by atoms with Crippen molar-refractivity contribution < 1.29 is 0 Å². The van der Waals surface area contributed by atoms with Crippen molar-refractivity contribution in [2.75, 3.05) is 13.1 Å². The molecule has 0 aliphatic heterocycles. The molecule has 0 aliphatic rings. The Morgan fingerprint density at radius 3 is 2.47 bits per heavy atom. The van der Waals surface area contributed by atoms with Gasteiger partial charge in [-0.3, -0.25) is 0 Å². The average Bonchev–Trinajstić information content (AvgIpc) is 2.32. The lowest BCUT2D eigenvalue weighted by Crippen LogP contribution is -2.24. The lowest BCUT2D eigenvalue weighted by atomic mass is 10.0. The molecular formula is C14H21Cl2N. The summed E-state index contributed by atoms with van der Waals surface area (Å²) in [6, 6.07) is 5.70. The highest BCUT2D eigenvalue weighted by Crippen LogP contribution is 2.21. The number of benzene rings is 1. The summed E-state index contributed by atoms with van der Waals surface area (Å²) in [4.78, 5) is 0. The van der Waals surface area contributed by atoms with E-state index in [1.807, 2.05) is 12.1 Å². The Kier molecular flexibility index (Phi) is 6.94. The van der Waals surface area contributed by atoms with Gasteiger partial charge in [0, 0.05) is 10.0 Å². The predicted octanol–water partition coefficient (Wildman–Crippen LogP) is 4.56. The maximum absolute atomic E-state index is 6.11. The molecule has 0 heterocycles. The standard InChI is InChI=1S/C14H21Cl2N/c1-3-11(4-2)10-17-8-7-12-5-6-13(15)9-14(12)16/h5-6,9,11,17H,3-4,7-8,10H2,1-2H3. The first-order valence-corrected chi connectivity index (χ1v) is 7.07. The molecule has 0 aromatic heterocycles. The molecule has 0 unspecified atom stereocenters. The Morgan fingerprint density at radius 2 is 1.88 bits per heavy atom. The molecule has 0 saturated heterocycles. The van der Waals surface area contributed by atoms with Crippen molar-refractivity contribution in [1.82, 2.24) is 5.32 Å². The molecule has 0 aliphatic carbocycles. The van der Waals surface area contributed by atoms with Gasteiger partial charge in [0.05, 0.1) is 0 Å². The lowest BCUT2D eigenvalue weighted by Gasteiger charge is -2.13. The van der Waals surface area contributed by atoms with Gasteiger partial charge < -0.3 is 5.32 Å². The molecule has 1 nitrogen and oxygen atoms in total. The van der Waals surface area contributed by atoms with E-state index in [1.165, 1.54) is 12.8 Å². The molecular weight excluding hydrogens is 253 g/mol. The Morgan fingerprint density at radius 1 is 1.18 bits per heavy atom. The summed E-state index contributed by atoms with van der Waals surface area (Å²) >= 11 is 12.0. The smallest absolute Gasteiger partial charge is 0.0453 e. The zero-order valence-electron chi connectivity index (χ0n) is 10.6. The summed E-state index contributed by atoms with van der Waals surface area (Å²) in [5.74, 6) is 0.788. The zero-order valence-corrected chi connectivity index (χ0v) is 12.1. The van der Waals surface area contributed by atoms with Gasteiger partial charge >= 0.3 is 0 Å². The van der Waals surface area contributed by atoms with Crippen LogP contribution in [0.5, 0.6) is 0 Å². The first-order valence-electron chi connectivity index (χ1n) is 6.32. The molecule has 0 fully saturated rings. The maximum atomic E-state index is 6.11. The topological polar surface area (TPSA) is 12.0 Å². The minimum Gasteiger partial charge on any atom is -0.316 e. The highest BCUT2D eigenvalue weighted by molar-refractivity contribution is 6.35. The zero-order chi connectivity index (χ0) is 12.7. The van der Waals surface area contributed by atoms with E-state index in [0.29, 0.717) is 5.02 Å². The molecule has 0 radical (unpaired) electrons. The highest BCUT2D eigenvalue weighted by Gasteiger charge is 2.03. The van der Waals surface area contributed by atoms with Crippen LogP contribution in [0.4, 0.5) is 0 Å². The quantitative estimate of drug-likeness (QED) is 0.718. The molecule has 0 amide bonds. The number of rotatable bonds is 7. The largest absolute Gasteiger partial charge is 0.316 e. The van der Waals surface area contributed by atoms with Crippen molar-refractivity contribution in [1.29, 1.82) is 0 Å². The summed E-state index contributed by atoms with van der Waals surface area (Å²) in [5.41, 5.74) is 1.16. The third kappa shape index (κ3) is 5.29. The van der Waals surface area contributed by atoms with Crippen LogP contribution in [0.3, 0.4) is 0 Å². The van der Waals surface area contributed by atoms with Crippen molar-refractivity contribution in [2.45, 2.75) is 33.1 Å². The molecule has 0 saturated carbocycles. The summed E-state index contributed by atoms with van der Waals surface area (Å²) in [6.07, 6.45) is 3.44. The Labute approximate surface area is 115 Å². The molecule has 1 N–H and O–H groups in total. The molecule has 0 bridgehead atoms. The monoisotopic (exact) mass is 273 g/mol. The summed E-state index contributed by atoms with van der Waals surface area (Å²) in [5, 5.41) is 4.95. The van der Waals surface area contributed by atoms with Crippen molar-refractivity contribution >= 4 is 23.2 Å². The van der Waals surface area contributed by atoms with E-state index in [-0.39, 0.29) is 0 Å². The van der Waals surface area contributed by atoms with Gasteiger partial charge in [-0.05, 0) is 43.1 Å². The van der Waals surface area contributed by atoms with Gasteiger partial charge in [-0.25, -0.2) is 0 Å². The van der Waals surface area contributed by atoms with Gasteiger partial charge in [0.15, 0.2) is 0 Å². The number of nitrogens with one attached hydrogen (secondary N) is 1. The van der Waals surface area contributed by atoms with Crippen molar-refractivity contribution in [2.24, 2.45) is 5.92 Å². The fourth-order valence-electron chi connectivity index (χ4n) is 1.83. The number of halogens is 2. The first kappa shape index (κ1) is 14.8. The Hall–Kier alpha value is -0.240. The fraction of sp³-hybridized carbons (Fsp3) is 0.571. The molecule has 17 heavy (non-hydrogen) atoms. The van der Waals surface area contributed by atoms with E-state index in [0.717, 1.165) is 36.0 Å². The van der Waals surface area contributed by atoms with Gasteiger partial charge in [0.1, 0.15) is 0 Å². The second-order valence-electron chi connectivity index (χ2n) is 4.37. The second kappa shape index (κ2) is 7.97. The van der Waals surface area contributed by atoms with Crippen molar-refractivity contribution in [3.8, 4) is 0 Å².